The zero-order valence-corrected chi connectivity index (χ0v) is 16.5. The summed E-state index contributed by atoms with van der Waals surface area (Å²) in [6.07, 6.45) is 3.47. The maximum absolute atomic E-state index is 12.8. The molecule has 2 aromatic rings. The molecule has 1 aliphatic carbocycles. The largest absolute Gasteiger partial charge is 0.377 e. The van der Waals surface area contributed by atoms with Gasteiger partial charge in [0.15, 0.2) is 0 Å². The molecule has 1 aliphatic rings. The van der Waals surface area contributed by atoms with E-state index < -0.39 is 10.1 Å². The molecule has 2 atom stereocenters. The third-order valence-electron chi connectivity index (χ3n) is 5.08. The minimum absolute atomic E-state index is 0.0857. The van der Waals surface area contributed by atoms with Crippen LogP contribution in [-0.2, 0) is 14.3 Å². The lowest BCUT2D eigenvalue weighted by Gasteiger charge is -2.33. The molecule has 140 valence electrons. The molecule has 0 aliphatic heterocycles. The molecule has 26 heavy (non-hydrogen) atoms. The molecular weight excluding hydrogens is 346 g/mol. The molecule has 0 bridgehead atoms. The van der Waals surface area contributed by atoms with Gasteiger partial charge in [-0.2, -0.15) is 8.42 Å². The standard InChI is InChI=1S/C21H27NO3S/c1-16-12-14-17(15-13-16)26(23,24)25-21-11-7-5-9-19(21)18-8-4-6-10-20(18)22(2)3/h4,6,8,10,12-15,19,21H,5,7,9,11H2,1-3H3/t19-,21-/m1/s1. The summed E-state index contributed by atoms with van der Waals surface area (Å²) in [7, 11) is 0.265. The number of anilines is 1. The van der Waals surface area contributed by atoms with Crippen molar-refractivity contribution in [1.29, 1.82) is 0 Å². The van der Waals surface area contributed by atoms with Crippen molar-refractivity contribution in [2.45, 2.75) is 49.5 Å². The summed E-state index contributed by atoms with van der Waals surface area (Å²) < 4.78 is 31.3. The van der Waals surface area contributed by atoms with Gasteiger partial charge in [-0.15, -0.1) is 0 Å². The van der Waals surface area contributed by atoms with Gasteiger partial charge in [0.2, 0.25) is 0 Å². The van der Waals surface area contributed by atoms with Crippen molar-refractivity contribution < 1.29 is 12.6 Å². The Labute approximate surface area is 156 Å². The van der Waals surface area contributed by atoms with E-state index in [-0.39, 0.29) is 16.9 Å². The van der Waals surface area contributed by atoms with E-state index in [1.165, 1.54) is 5.56 Å². The highest BCUT2D eigenvalue weighted by atomic mass is 32.2. The van der Waals surface area contributed by atoms with Crippen LogP contribution in [0.3, 0.4) is 0 Å². The fourth-order valence-corrected chi connectivity index (χ4v) is 4.84. The minimum Gasteiger partial charge on any atom is -0.377 e. The molecule has 4 nitrogen and oxygen atoms in total. The Morgan fingerprint density at radius 2 is 1.62 bits per heavy atom. The zero-order chi connectivity index (χ0) is 18.7. The molecule has 0 heterocycles. The summed E-state index contributed by atoms with van der Waals surface area (Å²) in [6.45, 7) is 1.94. The van der Waals surface area contributed by atoms with Gasteiger partial charge in [-0.25, -0.2) is 0 Å². The van der Waals surface area contributed by atoms with Crippen LogP contribution < -0.4 is 4.90 Å². The van der Waals surface area contributed by atoms with Crippen LogP contribution in [0.4, 0.5) is 5.69 Å². The van der Waals surface area contributed by atoms with E-state index >= 15 is 0 Å². The molecule has 0 aromatic heterocycles. The van der Waals surface area contributed by atoms with E-state index in [2.05, 4.69) is 17.0 Å². The van der Waals surface area contributed by atoms with E-state index in [0.29, 0.717) is 0 Å². The van der Waals surface area contributed by atoms with Crippen LogP contribution in [0.5, 0.6) is 0 Å². The highest BCUT2D eigenvalue weighted by Crippen LogP contribution is 2.40. The molecule has 1 saturated carbocycles. The number of aryl methyl sites for hydroxylation is 1. The lowest BCUT2D eigenvalue weighted by Crippen LogP contribution is -2.30. The predicted molar refractivity (Wildman–Crippen MR) is 105 cm³/mol. The van der Waals surface area contributed by atoms with Crippen LogP contribution in [0.15, 0.2) is 53.4 Å². The van der Waals surface area contributed by atoms with Crippen molar-refractivity contribution in [1.82, 2.24) is 0 Å². The van der Waals surface area contributed by atoms with Gasteiger partial charge in [-0.05, 0) is 43.5 Å². The topological polar surface area (TPSA) is 46.6 Å². The Hall–Kier alpha value is -1.85. The van der Waals surface area contributed by atoms with Crippen LogP contribution in [0, 0.1) is 6.92 Å². The van der Waals surface area contributed by atoms with Gasteiger partial charge in [0.25, 0.3) is 10.1 Å². The van der Waals surface area contributed by atoms with Gasteiger partial charge in [0.1, 0.15) is 0 Å². The summed E-state index contributed by atoms with van der Waals surface area (Å²) in [5.41, 5.74) is 3.32. The van der Waals surface area contributed by atoms with Gasteiger partial charge in [0.05, 0.1) is 11.0 Å². The normalized spacial score (nSPS) is 20.7. The van der Waals surface area contributed by atoms with Crippen molar-refractivity contribution in [3.63, 3.8) is 0 Å². The van der Waals surface area contributed by atoms with E-state index in [1.807, 2.05) is 33.2 Å². The van der Waals surface area contributed by atoms with Gasteiger partial charge in [-0.1, -0.05) is 48.7 Å². The maximum Gasteiger partial charge on any atom is 0.297 e. The molecule has 1 fully saturated rings. The number of rotatable bonds is 5. The Kier molecular flexibility index (Phi) is 5.68. The minimum atomic E-state index is -3.76. The molecule has 0 amide bonds. The fraction of sp³-hybridized carbons (Fsp3) is 0.429. The van der Waals surface area contributed by atoms with Gasteiger partial charge >= 0.3 is 0 Å². The van der Waals surface area contributed by atoms with Crippen molar-refractivity contribution in [2.24, 2.45) is 0 Å². The van der Waals surface area contributed by atoms with Crippen LogP contribution in [0.1, 0.15) is 42.7 Å². The summed E-state index contributed by atoms with van der Waals surface area (Å²) in [5.74, 6) is 0.0857. The lowest BCUT2D eigenvalue weighted by molar-refractivity contribution is 0.137. The molecule has 5 heteroatoms. The third kappa shape index (κ3) is 4.10. The molecule has 0 unspecified atom stereocenters. The summed E-state index contributed by atoms with van der Waals surface area (Å²) in [6, 6.07) is 15.1. The second-order valence-corrected chi connectivity index (χ2v) is 8.82. The second kappa shape index (κ2) is 7.80. The quantitative estimate of drug-likeness (QED) is 0.724. The summed E-state index contributed by atoms with van der Waals surface area (Å²) in [5, 5.41) is 0. The van der Waals surface area contributed by atoms with Crippen LogP contribution in [-0.4, -0.2) is 28.6 Å². The Bertz CT molecular complexity index is 844. The second-order valence-electron chi connectivity index (χ2n) is 7.25. The molecular formula is C21H27NO3S. The average molecular weight is 374 g/mol. The highest BCUT2D eigenvalue weighted by molar-refractivity contribution is 7.86. The lowest BCUT2D eigenvalue weighted by atomic mass is 9.81. The average Bonchev–Trinajstić information content (AvgIpc) is 2.62. The van der Waals surface area contributed by atoms with E-state index in [1.54, 1.807) is 24.3 Å². The van der Waals surface area contributed by atoms with Crippen LogP contribution in [0.2, 0.25) is 0 Å². The molecule has 0 N–H and O–H groups in total. The van der Waals surface area contributed by atoms with Crippen molar-refractivity contribution in [3.8, 4) is 0 Å². The molecule has 3 rings (SSSR count). The van der Waals surface area contributed by atoms with Gasteiger partial charge in [0, 0.05) is 25.7 Å². The number of hydrogen-bond acceptors (Lipinski definition) is 4. The van der Waals surface area contributed by atoms with Crippen molar-refractivity contribution in [3.05, 3.63) is 59.7 Å². The molecule has 0 saturated heterocycles. The first-order valence-electron chi connectivity index (χ1n) is 9.15. The Balaban J connectivity index is 1.89. The van der Waals surface area contributed by atoms with E-state index in [0.717, 1.165) is 36.9 Å². The fourth-order valence-electron chi connectivity index (χ4n) is 3.70. The molecule has 0 radical (unpaired) electrons. The SMILES string of the molecule is Cc1ccc(S(=O)(=O)O[C@@H]2CCCC[C@@H]2c2ccccc2N(C)C)cc1. The number of hydrogen-bond donors (Lipinski definition) is 0. The van der Waals surface area contributed by atoms with Gasteiger partial charge < -0.3 is 4.90 Å². The van der Waals surface area contributed by atoms with E-state index in [9.17, 15) is 8.42 Å². The first-order valence-corrected chi connectivity index (χ1v) is 10.6. The Morgan fingerprint density at radius 1 is 0.962 bits per heavy atom. The molecule has 2 aromatic carbocycles. The summed E-state index contributed by atoms with van der Waals surface area (Å²) >= 11 is 0. The van der Waals surface area contributed by atoms with E-state index in [4.69, 9.17) is 4.18 Å². The number of benzene rings is 2. The third-order valence-corrected chi connectivity index (χ3v) is 6.43. The smallest absolute Gasteiger partial charge is 0.297 e. The van der Waals surface area contributed by atoms with Gasteiger partial charge in [-0.3, -0.25) is 4.18 Å². The first kappa shape index (κ1) is 18.9. The van der Waals surface area contributed by atoms with Crippen molar-refractivity contribution in [2.75, 3.05) is 19.0 Å². The maximum atomic E-state index is 12.8. The monoisotopic (exact) mass is 373 g/mol. The number of nitrogens with zero attached hydrogens (tertiary/aromatic N) is 1. The molecule has 0 spiro atoms. The number of para-hydroxylation sites is 1. The van der Waals surface area contributed by atoms with Crippen molar-refractivity contribution >= 4 is 15.8 Å². The highest BCUT2D eigenvalue weighted by Gasteiger charge is 2.33. The van der Waals surface area contributed by atoms with Crippen LogP contribution in [0.25, 0.3) is 0 Å². The Morgan fingerprint density at radius 3 is 2.31 bits per heavy atom. The van der Waals surface area contributed by atoms with Crippen LogP contribution >= 0.6 is 0 Å². The summed E-state index contributed by atoms with van der Waals surface area (Å²) in [4.78, 5) is 2.31. The first-order chi connectivity index (χ1) is 12.4. The predicted octanol–water partition coefficient (Wildman–Crippen LogP) is 4.49. The zero-order valence-electron chi connectivity index (χ0n) is 15.7.